The molecule has 1 aliphatic heterocycles. The molecule has 1 aliphatic rings. The van der Waals surface area contributed by atoms with E-state index in [-0.39, 0.29) is 10.2 Å². The van der Waals surface area contributed by atoms with E-state index in [1.807, 2.05) is 0 Å². The average molecular weight is 248 g/mol. The molecule has 0 aromatic carbocycles. The van der Waals surface area contributed by atoms with E-state index in [4.69, 9.17) is 11.6 Å². The van der Waals surface area contributed by atoms with Crippen LogP contribution in [0.2, 0.25) is 5.15 Å². The maximum Gasteiger partial charge on any atom is 0.201 e. The molecular formula is C8H10ClN3O2S. The van der Waals surface area contributed by atoms with Gasteiger partial charge in [0.25, 0.3) is 0 Å². The molecule has 7 heteroatoms. The second-order valence-corrected chi connectivity index (χ2v) is 5.92. The molecule has 0 radical (unpaired) electrons. The SMILES string of the molecule is O=S(=O)(c1ccc(Cl)nn1)C1CCNC1. The van der Waals surface area contributed by atoms with Crippen molar-refractivity contribution in [1.82, 2.24) is 15.5 Å². The predicted molar refractivity (Wildman–Crippen MR) is 55.5 cm³/mol. The minimum atomic E-state index is -3.35. The van der Waals surface area contributed by atoms with Gasteiger partial charge in [0.1, 0.15) is 0 Å². The Hall–Kier alpha value is -0.720. The summed E-state index contributed by atoms with van der Waals surface area (Å²) < 4.78 is 23.9. The Morgan fingerprint density at radius 3 is 2.73 bits per heavy atom. The summed E-state index contributed by atoms with van der Waals surface area (Å²) in [5, 5.41) is 9.93. The number of hydrogen-bond acceptors (Lipinski definition) is 5. The van der Waals surface area contributed by atoms with Gasteiger partial charge >= 0.3 is 0 Å². The van der Waals surface area contributed by atoms with Gasteiger partial charge in [-0.3, -0.25) is 0 Å². The van der Waals surface area contributed by atoms with Crippen LogP contribution in [0.1, 0.15) is 6.42 Å². The van der Waals surface area contributed by atoms with E-state index in [0.29, 0.717) is 13.0 Å². The van der Waals surface area contributed by atoms with Crippen LogP contribution in [0.5, 0.6) is 0 Å². The third kappa shape index (κ3) is 2.11. The molecule has 0 spiro atoms. The Morgan fingerprint density at radius 1 is 1.40 bits per heavy atom. The van der Waals surface area contributed by atoms with Gasteiger partial charge in [-0.25, -0.2) is 8.42 Å². The van der Waals surface area contributed by atoms with E-state index in [1.165, 1.54) is 12.1 Å². The Labute approximate surface area is 92.8 Å². The average Bonchev–Trinajstić information content (AvgIpc) is 2.71. The maximum atomic E-state index is 12.0. The fourth-order valence-electron chi connectivity index (χ4n) is 1.52. The Balaban J connectivity index is 2.32. The van der Waals surface area contributed by atoms with E-state index < -0.39 is 15.1 Å². The topological polar surface area (TPSA) is 72.0 Å². The van der Waals surface area contributed by atoms with Crippen molar-refractivity contribution in [3.63, 3.8) is 0 Å². The van der Waals surface area contributed by atoms with E-state index >= 15 is 0 Å². The first-order valence-corrected chi connectivity index (χ1v) is 6.47. The highest BCUT2D eigenvalue weighted by molar-refractivity contribution is 7.92. The van der Waals surface area contributed by atoms with Crippen LogP contribution in [0.25, 0.3) is 0 Å². The first kappa shape index (κ1) is 10.8. The van der Waals surface area contributed by atoms with E-state index in [2.05, 4.69) is 15.5 Å². The number of hydrogen-bond donors (Lipinski definition) is 1. The van der Waals surface area contributed by atoms with Gasteiger partial charge in [0.05, 0.1) is 5.25 Å². The van der Waals surface area contributed by atoms with Crippen molar-refractivity contribution in [2.24, 2.45) is 0 Å². The Bertz CT molecular complexity index is 439. The molecule has 0 bridgehead atoms. The minimum absolute atomic E-state index is 0.000556. The normalized spacial score (nSPS) is 21.8. The lowest BCUT2D eigenvalue weighted by molar-refractivity contribution is 0.577. The molecule has 1 atom stereocenters. The van der Waals surface area contributed by atoms with E-state index in [0.717, 1.165) is 6.54 Å². The zero-order valence-corrected chi connectivity index (χ0v) is 9.42. The van der Waals surface area contributed by atoms with E-state index in [9.17, 15) is 8.42 Å². The van der Waals surface area contributed by atoms with Crippen LogP contribution in [0.4, 0.5) is 0 Å². The molecule has 82 valence electrons. The summed E-state index contributed by atoms with van der Waals surface area (Å²) in [6.07, 6.45) is 0.618. The second-order valence-electron chi connectivity index (χ2n) is 3.35. The molecule has 1 unspecified atom stereocenters. The molecule has 15 heavy (non-hydrogen) atoms. The lowest BCUT2D eigenvalue weighted by Crippen LogP contribution is -2.24. The molecule has 0 amide bonds. The lowest BCUT2D eigenvalue weighted by atomic mass is 10.4. The lowest BCUT2D eigenvalue weighted by Gasteiger charge is -2.08. The van der Waals surface area contributed by atoms with Gasteiger partial charge in [-0.15, -0.1) is 10.2 Å². The van der Waals surface area contributed by atoms with Gasteiger partial charge in [0, 0.05) is 6.54 Å². The molecule has 2 heterocycles. The summed E-state index contributed by atoms with van der Waals surface area (Å²) in [4.78, 5) is 0. The van der Waals surface area contributed by atoms with Crippen LogP contribution in [0.3, 0.4) is 0 Å². The fraction of sp³-hybridized carbons (Fsp3) is 0.500. The summed E-state index contributed by atoms with van der Waals surface area (Å²) in [6, 6.07) is 2.83. The summed E-state index contributed by atoms with van der Waals surface area (Å²) in [5.41, 5.74) is 0. The van der Waals surface area contributed by atoms with Crippen molar-refractivity contribution < 1.29 is 8.42 Å². The molecule has 1 aromatic rings. The molecule has 1 saturated heterocycles. The van der Waals surface area contributed by atoms with E-state index in [1.54, 1.807) is 0 Å². The van der Waals surface area contributed by atoms with Gasteiger partial charge in [0.15, 0.2) is 10.2 Å². The second kappa shape index (κ2) is 4.03. The highest BCUT2D eigenvalue weighted by Gasteiger charge is 2.31. The standard InChI is InChI=1S/C8H10ClN3O2S/c9-7-1-2-8(12-11-7)15(13,14)6-3-4-10-5-6/h1-2,6,10H,3-5H2. The smallest absolute Gasteiger partial charge is 0.201 e. The Morgan fingerprint density at radius 2 is 2.20 bits per heavy atom. The molecular weight excluding hydrogens is 238 g/mol. The quantitative estimate of drug-likeness (QED) is 0.812. The van der Waals surface area contributed by atoms with Gasteiger partial charge in [-0.2, -0.15) is 0 Å². The molecule has 1 N–H and O–H groups in total. The zero-order valence-electron chi connectivity index (χ0n) is 7.85. The van der Waals surface area contributed by atoms with Crippen molar-refractivity contribution in [3.8, 4) is 0 Å². The first-order valence-electron chi connectivity index (χ1n) is 4.54. The van der Waals surface area contributed by atoms with Crippen LogP contribution in [0.15, 0.2) is 17.2 Å². The van der Waals surface area contributed by atoms with Crippen LogP contribution in [-0.2, 0) is 9.84 Å². The zero-order chi connectivity index (χ0) is 10.9. The van der Waals surface area contributed by atoms with Crippen LogP contribution in [-0.4, -0.2) is 37.0 Å². The third-order valence-electron chi connectivity index (χ3n) is 2.35. The van der Waals surface area contributed by atoms with Crippen molar-refractivity contribution in [1.29, 1.82) is 0 Å². The van der Waals surface area contributed by atoms with Gasteiger partial charge in [-0.1, -0.05) is 11.6 Å². The summed E-state index contributed by atoms with van der Waals surface area (Å²) in [5.74, 6) is 0. The number of sulfone groups is 1. The number of nitrogens with one attached hydrogen (secondary N) is 1. The summed E-state index contributed by atoms with van der Waals surface area (Å²) in [7, 11) is -3.35. The molecule has 5 nitrogen and oxygen atoms in total. The highest BCUT2D eigenvalue weighted by Crippen LogP contribution is 2.18. The van der Waals surface area contributed by atoms with Crippen LogP contribution < -0.4 is 5.32 Å². The fourth-order valence-corrected chi connectivity index (χ4v) is 3.14. The first-order chi connectivity index (χ1) is 7.10. The maximum absolute atomic E-state index is 12.0. The van der Waals surface area contributed by atoms with Crippen molar-refractivity contribution in [2.75, 3.05) is 13.1 Å². The van der Waals surface area contributed by atoms with Crippen molar-refractivity contribution in [2.45, 2.75) is 16.7 Å². The summed E-state index contributed by atoms with van der Waals surface area (Å²) in [6.45, 7) is 1.21. The molecule has 0 saturated carbocycles. The van der Waals surface area contributed by atoms with Gasteiger partial charge < -0.3 is 5.32 Å². The monoisotopic (exact) mass is 247 g/mol. The summed E-state index contributed by atoms with van der Waals surface area (Å²) >= 11 is 5.54. The number of halogens is 1. The molecule has 1 aromatic heterocycles. The number of aromatic nitrogens is 2. The van der Waals surface area contributed by atoms with Gasteiger partial charge in [-0.05, 0) is 25.1 Å². The van der Waals surface area contributed by atoms with Crippen LogP contribution in [0, 0.1) is 0 Å². The van der Waals surface area contributed by atoms with Crippen molar-refractivity contribution in [3.05, 3.63) is 17.3 Å². The third-order valence-corrected chi connectivity index (χ3v) is 4.64. The highest BCUT2D eigenvalue weighted by atomic mass is 35.5. The predicted octanol–water partition coefficient (Wildman–Crippen LogP) is 0.266. The molecule has 0 aliphatic carbocycles. The largest absolute Gasteiger partial charge is 0.315 e. The molecule has 2 rings (SSSR count). The molecule has 1 fully saturated rings. The number of rotatable bonds is 2. The van der Waals surface area contributed by atoms with Crippen molar-refractivity contribution >= 4 is 21.4 Å². The minimum Gasteiger partial charge on any atom is -0.315 e. The van der Waals surface area contributed by atoms with Crippen LogP contribution >= 0.6 is 11.6 Å². The number of nitrogens with zero attached hydrogens (tertiary/aromatic N) is 2. The van der Waals surface area contributed by atoms with Gasteiger partial charge in [0.2, 0.25) is 9.84 Å². The Kier molecular flexibility index (Phi) is 2.90.